The van der Waals surface area contributed by atoms with Gasteiger partial charge in [-0.15, -0.1) is 0 Å². The molecule has 0 bridgehead atoms. The summed E-state index contributed by atoms with van der Waals surface area (Å²) in [5.74, 6) is -0.0508. The van der Waals surface area contributed by atoms with Crippen LogP contribution in [0, 0.1) is 6.92 Å². The topological polar surface area (TPSA) is 71.6 Å². The lowest BCUT2D eigenvalue weighted by Gasteiger charge is -2.10. The predicted molar refractivity (Wildman–Crippen MR) is 74.1 cm³/mol. The maximum Gasteiger partial charge on any atom is 0.414 e. The van der Waals surface area contributed by atoms with Crippen LogP contribution in [0.25, 0.3) is 10.9 Å². The van der Waals surface area contributed by atoms with E-state index < -0.39 is 12.1 Å². The SMILES string of the molecule is COC(=O)c1c(C)[nH]c2ccc(OC(=O)N(C)C)cc12. The van der Waals surface area contributed by atoms with Gasteiger partial charge in [0, 0.05) is 30.7 Å². The number of aromatic nitrogens is 1. The number of nitrogens with zero attached hydrogens (tertiary/aromatic N) is 1. The number of aromatic amines is 1. The Morgan fingerprint density at radius 1 is 1.25 bits per heavy atom. The van der Waals surface area contributed by atoms with Crippen LogP contribution in [0.4, 0.5) is 4.79 Å². The Bertz CT molecular complexity index is 673. The van der Waals surface area contributed by atoms with Crippen LogP contribution in [-0.4, -0.2) is 43.2 Å². The van der Waals surface area contributed by atoms with Crippen LogP contribution >= 0.6 is 0 Å². The second kappa shape index (κ2) is 5.24. The molecule has 106 valence electrons. The Morgan fingerprint density at radius 3 is 2.55 bits per heavy atom. The van der Waals surface area contributed by atoms with Gasteiger partial charge in [0.2, 0.25) is 0 Å². The number of aryl methyl sites for hydroxylation is 1. The highest BCUT2D eigenvalue weighted by atomic mass is 16.6. The zero-order valence-corrected chi connectivity index (χ0v) is 11.8. The lowest BCUT2D eigenvalue weighted by atomic mass is 10.1. The molecular weight excluding hydrogens is 260 g/mol. The van der Waals surface area contributed by atoms with Gasteiger partial charge in [-0.1, -0.05) is 0 Å². The summed E-state index contributed by atoms with van der Waals surface area (Å²) >= 11 is 0. The van der Waals surface area contributed by atoms with E-state index in [-0.39, 0.29) is 0 Å². The third kappa shape index (κ3) is 2.45. The van der Waals surface area contributed by atoms with E-state index in [0.29, 0.717) is 22.4 Å². The van der Waals surface area contributed by atoms with Gasteiger partial charge >= 0.3 is 12.1 Å². The molecule has 0 unspecified atom stereocenters. The van der Waals surface area contributed by atoms with E-state index in [1.807, 2.05) is 0 Å². The van der Waals surface area contributed by atoms with Crippen LogP contribution < -0.4 is 4.74 Å². The van der Waals surface area contributed by atoms with E-state index >= 15 is 0 Å². The molecule has 0 atom stereocenters. The summed E-state index contributed by atoms with van der Waals surface area (Å²) in [5.41, 5.74) is 1.95. The minimum Gasteiger partial charge on any atom is -0.465 e. The van der Waals surface area contributed by atoms with Crippen molar-refractivity contribution in [1.29, 1.82) is 0 Å². The lowest BCUT2D eigenvalue weighted by molar-refractivity contribution is 0.0602. The number of carbonyl (C=O) groups is 2. The van der Waals surface area contributed by atoms with Crippen LogP contribution in [-0.2, 0) is 4.74 Å². The first-order valence-corrected chi connectivity index (χ1v) is 6.03. The summed E-state index contributed by atoms with van der Waals surface area (Å²) in [7, 11) is 4.53. The van der Waals surface area contributed by atoms with Crippen molar-refractivity contribution in [3.05, 3.63) is 29.5 Å². The maximum absolute atomic E-state index is 11.8. The van der Waals surface area contributed by atoms with Gasteiger partial charge in [0.25, 0.3) is 0 Å². The first kappa shape index (κ1) is 13.9. The number of esters is 1. The standard InChI is InChI=1S/C14H16N2O4/c1-8-12(13(17)19-4)10-7-9(5-6-11(10)15-8)20-14(18)16(2)3/h5-7,15H,1-4H3. The number of fused-ring (bicyclic) bond motifs is 1. The summed E-state index contributed by atoms with van der Waals surface area (Å²) in [6, 6.07) is 5.07. The summed E-state index contributed by atoms with van der Waals surface area (Å²) in [4.78, 5) is 27.7. The molecule has 1 aromatic heterocycles. The van der Waals surface area contributed by atoms with Crippen molar-refractivity contribution in [1.82, 2.24) is 9.88 Å². The van der Waals surface area contributed by atoms with Crippen molar-refractivity contribution < 1.29 is 19.1 Å². The average molecular weight is 276 g/mol. The highest BCUT2D eigenvalue weighted by molar-refractivity contribution is 6.06. The normalized spacial score (nSPS) is 10.4. The van der Waals surface area contributed by atoms with E-state index in [2.05, 4.69) is 4.98 Å². The summed E-state index contributed by atoms with van der Waals surface area (Å²) in [6.07, 6.45) is -0.476. The summed E-state index contributed by atoms with van der Waals surface area (Å²) < 4.78 is 9.95. The number of benzene rings is 1. The molecule has 0 aliphatic carbocycles. The molecule has 0 radical (unpaired) electrons. The molecule has 1 amide bonds. The van der Waals surface area contributed by atoms with Crippen molar-refractivity contribution in [2.24, 2.45) is 0 Å². The number of hydrogen-bond acceptors (Lipinski definition) is 4. The molecule has 0 aliphatic rings. The number of rotatable bonds is 2. The van der Waals surface area contributed by atoms with E-state index in [4.69, 9.17) is 9.47 Å². The molecular formula is C14H16N2O4. The number of methoxy groups -OCH3 is 1. The van der Waals surface area contributed by atoms with Gasteiger partial charge in [-0.2, -0.15) is 0 Å². The highest BCUT2D eigenvalue weighted by Gasteiger charge is 2.17. The number of ether oxygens (including phenoxy) is 2. The minimum atomic E-state index is -0.476. The van der Waals surface area contributed by atoms with Crippen LogP contribution in [0.1, 0.15) is 16.1 Å². The van der Waals surface area contributed by atoms with Gasteiger partial charge in [-0.3, -0.25) is 0 Å². The van der Waals surface area contributed by atoms with Crippen molar-refractivity contribution in [3.63, 3.8) is 0 Å². The maximum atomic E-state index is 11.8. The Morgan fingerprint density at radius 2 is 1.95 bits per heavy atom. The molecule has 0 spiro atoms. The molecule has 0 aliphatic heterocycles. The minimum absolute atomic E-state index is 0.375. The molecule has 1 aromatic carbocycles. The van der Waals surface area contributed by atoms with E-state index in [1.165, 1.54) is 12.0 Å². The largest absolute Gasteiger partial charge is 0.465 e. The molecule has 1 N–H and O–H groups in total. The number of carbonyl (C=O) groups excluding carboxylic acids is 2. The molecule has 2 aromatic rings. The van der Waals surface area contributed by atoms with Crippen LogP contribution in [0.3, 0.4) is 0 Å². The van der Waals surface area contributed by atoms with E-state index in [1.54, 1.807) is 39.2 Å². The molecule has 6 nitrogen and oxygen atoms in total. The quantitative estimate of drug-likeness (QED) is 0.854. The van der Waals surface area contributed by atoms with Gasteiger partial charge in [-0.25, -0.2) is 9.59 Å². The van der Waals surface area contributed by atoms with Gasteiger partial charge < -0.3 is 19.4 Å². The van der Waals surface area contributed by atoms with Gasteiger partial charge in [0.05, 0.1) is 12.7 Å². The Kier molecular flexibility index (Phi) is 3.65. The molecule has 2 rings (SSSR count). The molecule has 0 fully saturated rings. The third-order valence-corrected chi connectivity index (χ3v) is 2.92. The summed E-state index contributed by atoms with van der Waals surface area (Å²) in [5, 5.41) is 0.665. The molecule has 20 heavy (non-hydrogen) atoms. The van der Waals surface area contributed by atoms with Crippen molar-refractivity contribution >= 4 is 23.0 Å². The van der Waals surface area contributed by atoms with E-state index in [9.17, 15) is 9.59 Å². The fourth-order valence-electron chi connectivity index (χ4n) is 1.93. The van der Waals surface area contributed by atoms with Crippen LogP contribution in [0.15, 0.2) is 18.2 Å². The second-order valence-electron chi connectivity index (χ2n) is 4.59. The van der Waals surface area contributed by atoms with Crippen LogP contribution in [0.2, 0.25) is 0 Å². The molecule has 6 heteroatoms. The van der Waals surface area contributed by atoms with Crippen LogP contribution in [0.5, 0.6) is 5.75 Å². The monoisotopic (exact) mass is 276 g/mol. The van der Waals surface area contributed by atoms with Gasteiger partial charge in [0.1, 0.15) is 5.75 Å². The smallest absolute Gasteiger partial charge is 0.414 e. The number of amides is 1. The number of hydrogen-bond donors (Lipinski definition) is 1. The molecule has 0 saturated heterocycles. The average Bonchev–Trinajstić information content (AvgIpc) is 2.73. The van der Waals surface area contributed by atoms with Gasteiger partial charge in [0.15, 0.2) is 0 Å². The fourth-order valence-corrected chi connectivity index (χ4v) is 1.93. The fraction of sp³-hybridized carbons (Fsp3) is 0.286. The highest BCUT2D eigenvalue weighted by Crippen LogP contribution is 2.27. The lowest BCUT2D eigenvalue weighted by Crippen LogP contribution is -2.25. The Balaban J connectivity index is 2.47. The first-order chi connectivity index (χ1) is 9.43. The predicted octanol–water partition coefficient (Wildman–Crippen LogP) is 2.32. The zero-order chi connectivity index (χ0) is 14.9. The molecule has 0 saturated carbocycles. The van der Waals surface area contributed by atoms with Gasteiger partial charge in [-0.05, 0) is 25.1 Å². The van der Waals surface area contributed by atoms with Crippen molar-refractivity contribution in [2.75, 3.05) is 21.2 Å². The Labute approximate surface area is 116 Å². The van der Waals surface area contributed by atoms with Crippen molar-refractivity contribution in [3.8, 4) is 5.75 Å². The second-order valence-corrected chi connectivity index (χ2v) is 4.59. The third-order valence-electron chi connectivity index (χ3n) is 2.92. The first-order valence-electron chi connectivity index (χ1n) is 6.03. The van der Waals surface area contributed by atoms with E-state index in [0.717, 1.165) is 5.52 Å². The molecule has 1 heterocycles. The zero-order valence-electron chi connectivity index (χ0n) is 11.8. The number of nitrogens with one attached hydrogen (secondary N) is 1. The number of H-pyrrole nitrogens is 1. The Hall–Kier alpha value is -2.50. The van der Waals surface area contributed by atoms with Crippen molar-refractivity contribution in [2.45, 2.75) is 6.92 Å². The summed E-state index contributed by atoms with van der Waals surface area (Å²) in [6.45, 7) is 1.79.